The van der Waals surface area contributed by atoms with E-state index in [0.717, 1.165) is 47.6 Å². The molecule has 1 amide bonds. The van der Waals surface area contributed by atoms with Crippen LogP contribution in [-0.4, -0.2) is 24.1 Å². The number of ether oxygens (including phenoxy) is 2. The number of carbonyl (C=O) groups excluding carboxylic acids is 1. The Labute approximate surface area is 148 Å². The number of aryl methyl sites for hydroxylation is 1. The van der Waals surface area contributed by atoms with Crippen molar-refractivity contribution in [2.75, 3.05) is 7.11 Å². The van der Waals surface area contributed by atoms with Crippen LogP contribution in [0.5, 0.6) is 11.5 Å². The Balaban J connectivity index is 1.51. The second-order valence-corrected chi connectivity index (χ2v) is 6.36. The molecule has 25 heavy (non-hydrogen) atoms. The van der Waals surface area contributed by atoms with Gasteiger partial charge < -0.3 is 14.8 Å². The summed E-state index contributed by atoms with van der Waals surface area (Å²) in [4.78, 5) is 16.4. The van der Waals surface area contributed by atoms with Crippen LogP contribution >= 0.6 is 0 Å². The summed E-state index contributed by atoms with van der Waals surface area (Å²) >= 11 is 0. The normalized spacial score (nSPS) is 15.4. The van der Waals surface area contributed by atoms with Crippen molar-refractivity contribution in [2.45, 2.75) is 45.3 Å². The molecule has 5 heteroatoms. The van der Waals surface area contributed by atoms with Crippen molar-refractivity contribution in [1.82, 2.24) is 10.3 Å². The summed E-state index contributed by atoms with van der Waals surface area (Å²) in [6.45, 7) is 2.49. The molecule has 0 fully saturated rings. The summed E-state index contributed by atoms with van der Waals surface area (Å²) in [7, 11) is 1.65. The van der Waals surface area contributed by atoms with Crippen LogP contribution in [-0.2, 0) is 24.2 Å². The zero-order valence-corrected chi connectivity index (χ0v) is 14.7. The Kier molecular flexibility index (Phi) is 5.53. The van der Waals surface area contributed by atoms with E-state index in [1.54, 1.807) is 13.3 Å². The summed E-state index contributed by atoms with van der Waals surface area (Å²) in [5.74, 6) is 1.73. The second kappa shape index (κ2) is 8.01. The second-order valence-electron chi connectivity index (χ2n) is 6.36. The predicted octanol–water partition coefficient (Wildman–Crippen LogP) is 3.05. The molecular formula is C20H24N2O3. The van der Waals surface area contributed by atoms with Crippen molar-refractivity contribution in [3.8, 4) is 11.5 Å². The van der Waals surface area contributed by atoms with E-state index in [1.165, 1.54) is 0 Å². The molecule has 2 aromatic rings. The van der Waals surface area contributed by atoms with E-state index in [9.17, 15) is 4.79 Å². The zero-order valence-electron chi connectivity index (χ0n) is 14.7. The third kappa shape index (κ3) is 4.50. The van der Waals surface area contributed by atoms with Gasteiger partial charge in [0.2, 0.25) is 5.91 Å². The number of carbonyl (C=O) groups is 1. The first kappa shape index (κ1) is 17.3. The lowest BCUT2D eigenvalue weighted by molar-refractivity contribution is -0.121. The largest absolute Gasteiger partial charge is 0.496 e. The van der Waals surface area contributed by atoms with Crippen molar-refractivity contribution in [2.24, 2.45) is 0 Å². The molecule has 1 N–H and O–H groups in total. The van der Waals surface area contributed by atoms with Gasteiger partial charge in [0.25, 0.3) is 0 Å². The number of rotatable bonds is 7. The number of nitrogens with one attached hydrogen (secondary N) is 1. The maximum Gasteiger partial charge on any atom is 0.220 e. The molecule has 1 aliphatic heterocycles. The fraction of sp³-hybridized carbons (Fsp3) is 0.400. The lowest BCUT2D eigenvalue weighted by Crippen LogP contribution is -2.22. The molecular weight excluding hydrogens is 316 g/mol. The molecule has 3 rings (SSSR count). The van der Waals surface area contributed by atoms with Gasteiger partial charge in [0, 0.05) is 42.4 Å². The van der Waals surface area contributed by atoms with Gasteiger partial charge in [-0.3, -0.25) is 9.78 Å². The Morgan fingerprint density at radius 3 is 3.04 bits per heavy atom. The Hall–Kier alpha value is -2.56. The maximum absolute atomic E-state index is 12.1. The van der Waals surface area contributed by atoms with E-state index >= 15 is 0 Å². The SMILES string of the molecule is COc1cc2c(cc1CNC(=O)CCCc1ccccn1)OC(C)C2. The van der Waals surface area contributed by atoms with E-state index in [4.69, 9.17) is 9.47 Å². The zero-order chi connectivity index (χ0) is 17.6. The third-order valence-electron chi connectivity index (χ3n) is 4.34. The van der Waals surface area contributed by atoms with Crippen LogP contribution in [0.25, 0.3) is 0 Å². The van der Waals surface area contributed by atoms with Crippen LogP contribution in [0.15, 0.2) is 36.5 Å². The molecule has 1 aromatic carbocycles. The van der Waals surface area contributed by atoms with Gasteiger partial charge in [0.15, 0.2) is 0 Å². The number of methoxy groups -OCH3 is 1. The number of hydrogen-bond donors (Lipinski definition) is 1. The molecule has 0 spiro atoms. The van der Waals surface area contributed by atoms with Crippen LogP contribution in [0, 0.1) is 0 Å². The Morgan fingerprint density at radius 1 is 1.40 bits per heavy atom. The summed E-state index contributed by atoms with van der Waals surface area (Å²) in [6.07, 6.45) is 4.94. The van der Waals surface area contributed by atoms with E-state index in [0.29, 0.717) is 13.0 Å². The number of amides is 1. The number of hydrogen-bond acceptors (Lipinski definition) is 4. The van der Waals surface area contributed by atoms with E-state index < -0.39 is 0 Å². The fourth-order valence-corrected chi connectivity index (χ4v) is 3.07. The first-order chi connectivity index (χ1) is 12.2. The van der Waals surface area contributed by atoms with Crippen LogP contribution in [0.4, 0.5) is 0 Å². The van der Waals surface area contributed by atoms with Crippen molar-refractivity contribution in [1.29, 1.82) is 0 Å². The summed E-state index contributed by atoms with van der Waals surface area (Å²) in [5.41, 5.74) is 3.12. The fourth-order valence-electron chi connectivity index (χ4n) is 3.07. The highest BCUT2D eigenvalue weighted by molar-refractivity contribution is 5.76. The molecule has 1 aliphatic rings. The minimum atomic E-state index is 0.0350. The molecule has 5 nitrogen and oxygen atoms in total. The van der Waals surface area contributed by atoms with Crippen LogP contribution in [0.1, 0.15) is 36.6 Å². The van der Waals surface area contributed by atoms with Gasteiger partial charge in [-0.2, -0.15) is 0 Å². The highest BCUT2D eigenvalue weighted by Gasteiger charge is 2.21. The van der Waals surface area contributed by atoms with Gasteiger partial charge in [0.1, 0.15) is 17.6 Å². The topological polar surface area (TPSA) is 60.5 Å². The van der Waals surface area contributed by atoms with E-state index in [1.807, 2.05) is 30.3 Å². The molecule has 0 radical (unpaired) electrons. The van der Waals surface area contributed by atoms with Gasteiger partial charge >= 0.3 is 0 Å². The van der Waals surface area contributed by atoms with Gasteiger partial charge in [0.05, 0.1) is 7.11 Å². The molecule has 0 saturated carbocycles. The average Bonchev–Trinajstić information content (AvgIpc) is 2.98. The molecule has 2 heterocycles. The Morgan fingerprint density at radius 2 is 2.28 bits per heavy atom. The number of benzene rings is 1. The molecule has 132 valence electrons. The molecule has 0 saturated heterocycles. The van der Waals surface area contributed by atoms with Gasteiger partial charge in [-0.25, -0.2) is 0 Å². The smallest absolute Gasteiger partial charge is 0.220 e. The van der Waals surface area contributed by atoms with Gasteiger partial charge in [-0.15, -0.1) is 0 Å². The first-order valence-electron chi connectivity index (χ1n) is 8.68. The van der Waals surface area contributed by atoms with Gasteiger partial charge in [-0.05, 0) is 44.0 Å². The highest BCUT2D eigenvalue weighted by atomic mass is 16.5. The first-order valence-corrected chi connectivity index (χ1v) is 8.68. The molecule has 1 atom stereocenters. The average molecular weight is 340 g/mol. The highest BCUT2D eigenvalue weighted by Crippen LogP contribution is 2.34. The van der Waals surface area contributed by atoms with E-state index in [2.05, 4.69) is 17.2 Å². The van der Waals surface area contributed by atoms with Crippen LogP contribution < -0.4 is 14.8 Å². The lowest BCUT2D eigenvalue weighted by Gasteiger charge is -2.12. The van der Waals surface area contributed by atoms with Crippen LogP contribution in [0.2, 0.25) is 0 Å². The monoisotopic (exact) mass is 340 g/mol. The minimum absolute atomic E-state index is 0.0350. The lowest BCUT2D eigenvalue weighted by atomic mass is 10.1. The van der Waals surface area contributed by atoms with Gasteiger partial charge in [-0.1, -0.05) is 6.07 Å². The van der Waals surface area contributed by atoms with E-state index in [-0.39, 0.29) is 12.0 Å². The third-order valence-corrected chi connectivity index (χ3v) is 4.34. The molecule has 1 aromatic heterocycles. The quantitative estimate of drug-likeness (QED) is 0.841. The summed E-state index contributed by atoms with van der Waals surface area (Å²) in [5, 5.41) is 2.97. The number of aromatic nitrogens is 1. The molecule has 0 bridgehead atoms. The standard InChI is InChI=1S/C20H24N2O3/c1-14-10-15-11-18(24-2)16(12-19(15)25-14)13-22-20(23)8-5-7-17-6-3-4-9-21-17/h3-4,6,9,11-12,14H,5,7-8,10,13H2,1-2H3,(H,22,23). The van der Waals surface area contributed by atoms with Crippen molar-refractivity contribution in [3.05, 3.63) is 53.3 Å². The Bertz CT molecular complexity index is 731. The van der Waals surface area contributed by atoms with Crippen molar-refractivity contribution < 1.29 is 14.3 Å². The number of pyridine rings is 1. The molecule has 0 aliphatic carbocycles. The summed E-state index contributed by atoms with van der Waals surface area (Å²) in [6, 6.07) is 9.83. The van der Waals surface area contributed by atoms with Crippen LogP contribution in [0.3, 0.4) is 0 Å². The minimum Gasteiger partial charge on any atom is -0.496 e. The summed E-state index contributed by atoms with van der Waals surface area (Å²) < 4.78 is 11.3. The predicted molar refractivity (Wildman–Crippen MR) is 95.8 cm³/mol. The maximum atomic E-state index is 12.1. The number of nitrogens with zero attached hydrogens (tertiary/aromatic N) is 1. The van der Waals surface area contributed by atoms with Crippen molar-refractivity contribution in [3.63, 3.8) is 0 Å². The molecule has 1 unspecified atom stereocenters. The number of fused-ring (bicyclic) bond motifs is 1. The van der Waals surface area contributed by atoms with Crippen molar-refractivity contribution >= 4 is 5.91 Å².